The molecule has 0 heterocycles. The zero-order chi connectivity index (χ0) is 30.9. The SMILES string of the molecule is C=Cc1cc(-c2cccc(-c3cc4c5ccccc5c(-c5ccccc5)cc4c4ccccc34)c2)c(/C=C\C)c(C=C)c1C=C. The van der Waals surface area contributed by atoms with Gasteiger partial charge in [-0.2, -0.15) is 0 Å². The van der Waals surface area contributed by atoms with Gasteiger partial charge in [0.2, 0.25) is 0 Å². The number of rotatable bonds is 7. The molecular weight excluding hydrogens is 540 g/mol. The summed E-state index contributed by atoms with van der Waals surface area (Å²) in [6, 6.07) is 44.2. The molecule has 0 bridgehead atoms. The lowest BCUT2D eigenvalue weighted by molar-refractivity contribution is 1.51. The molecule has 214 valence electrons. The lowest BCUT2D eigenvalue weighted by atomic mass is 9.85. The van der Waals surface area contributed by atoms with E-state index < -0.39 is 0 Å². The van der Waals surface area contributed by atoms with Crippen LogP contribution in [0.4, 0.5) is 0 Å². The van der Waals surface area contributed by atoms with Gasteiger partial charge in [0.15, 0.2) is 0 Å². The summed E-state index contributed by atoms with van der Waals surface area (Å²) >= 11 is 0. The molecule has 0 aromatic heterocycles. The second-order valence-electron chi connectivity index (χ2n) is 11.3. The Kier molecular flexibility index (Phi) is 7.33. The summed E-state index contributed by atoms with van der Waals surface area (Å²) in [6.45, 7) is 14.4. The summed E-state index contributed by atoms with van der Waals surface area (Å²) in [4.78, 5) is 0. The van der Waals surface area contributed by atoms with Gasteiger partial charge in [0, 0.05) is 0 Å². The standard InChI is InChI=1S/C45H34/c1-5-17-36-35(8-4)34(7-3)30(6-2)27-41(36)32-20-16-21-33(26-32)43-29-45-39-24-14-12-22-37(39)42(31-18-10-9-11-19-31)28-44(45)40-25-15-13-23-38(40)43/h5-29H,2-4H2,1H3/b17-5-. The van der Waals surface area contributed by atoms with Crippen molar-refractivity contribution in [2.24, 2.45) is 0 Å². The number of benzene rings is 7. The van der Waals surface area contributed by atoms with Crippen LogP contribution in [0.3, 0.4) is 0 Å². The fourth-order valence-electron chi connectivity index (χ4n) is 6.86. The van der Waals surface area contributed by atoms with Crippen LogP contribution >= 0.6 is 0 Å². The minimum atomic E-state index is 1.05. The van der Waals surface area contributed by atoms with E-state index in [1.807, 2.05) is 18.2 Å². The fourth-order valence-corrected chi connectivity index (χ4v) is 6.86. The summed E-state index contributed by atoms with van der Waals surface area (Å²) in [7, 11) is 0. The summed E-state index contributed by atoms with van der Waals surface area (Å²) in [6.07, 6.45) is 9.99. The van der Waals surface area contributed by atoms with Crippen LogP contribution in [0.5, 0.6) is 0 Å². The number of hydrogen-bond donors (Lipinski definition) is 0. The molecule has 0 amide bonds. The third-order valence-corrected chi connectivity index (χ3v) is 8.89. The van der Waals surface area contributed by atoms with E-state index in [9.17, 15) is 0 Å². The van der Waals surface area contributed by atoms with Gasteiger partial charge in [0.25, 0.3) is 0 Å². The first-order valence-corrected chi connectivity index (χ1v) is 15.4. The number of hydrogen-bond acceptors (Lipinski definition) is 0. The average molecular weight is 575 g/mol. The molecule has 0 heteroatoms. The van der Waals surface area contributed by atoms with Crippen LogP contribution in [0.1, 0.15) is 29.2 Å². The molecule has 0 nitrogen and oxygen atoms in total. The van der Waals surface area contributed by atoms with Gasteiger partial charge >= 0.3 is 0 Å². The van der Waals surface area contributed by atoms with E-state index in [4.69, 9.17) is 0 Å². The predicted molar refractivity (Wildman–Crippen MR) is 200 cm³/mol. The zero-order valence-corrected chi connectivity index (χ0v) is 25.6. The normalized spacial score (nSPS) is 11.4. The Morgan fingerprint density at radius 2 is 0.911 bits per heavy atom. The molecule has 7 rings (SSSR count). The molecule has 0 aliphatic rings. The number of allylic oxidation sites excluding steroid dienone is 1. The van der Waals surface area contributed by atoms with E-state index in [2.05, 4.69) is 160 Å². The second kappa shape index (κ2) is 11.8. The largest absolute Gasteiger partial charge is 0.0984 e. The zero-order valence-electron chi connectivity index (χ0n) is 25.6. The Hall–Kier alpha value is -5.72. The Balaban J connectivity index is 1.52. The smallest absolute Gasteiger partial charge is 0.00923 e. The molecule has 45 heavy (non-hydrogen) atoms. The maximum atomic E-state index is 4.16. The average Bonchev–Trinajstić information content (AvgIpc) is 3.11. The molecule has 7 aromatic rings. The van der Waals surface area contributed by atoms with Crippen LogP contribution < -0.4 is 0 Å². The van der Waals surface area contributed by atoms with Gasteiger partial charge in [-0.3, -0.25) is 0 Å². The van der Waals surface area contributed by atoms with Crippen molar-refractivity contribution < 1.29 is 0 Å². The monoisotopic (exact) mass is 574 g/mol. The van der Waals surface area contributed by atoms with Crippen molar-refractivity contribution in [2.75, 3.05) is 0 Å². The summed E-state index contributed by atoms with van der Waals surface area (Å²) in [5.41, 5.74) is 11.5. The summed E-state index contributed by atoms with van der Waals surface area (Å²) in [5, 5.41) is 7.55. The van der Waals surface area contributed by atoms with Crippen molar-refractivity contribution in [3.63, 3.8) is 0 Å². The van der Waals surface area contributed by atoms with Gasteiger partial charge in [0.1, 0.15) is 0 Å². The van der Waals surface area contributed by atoms with Gasteiger partial charge in [-0.1, -0.05) is 147 Å². The van der Waals surface area contributed by atoms with Crippen molar-refractivity contribution in [3.05, 3.63) is 169 Å². The van der Waals surface area contributed by atoms with Crippen molar-refractivity contribution in [2.45, 2.75) is 6.92 Å². The Morgan fingerprint density at radius 3 is 1.47 bits per heavy atom. The van der Waals surface area contributed by atoms with Crippen LogP contribution in [0.25, 0.3) is 90.0 Å². The lowest BCUT2D eigenvalue weighted by Gasteiger charge is -2.18. The summed E-state index contributed by atoms with van der Waals surface area (Å²) < 4.78 is 0. The third kappa shape index (κ3) is 4.72. The Bertz CT molecular complexity index is 2310. The predicted octanol–water partition coefficient (Wildman–Crippen LogP) is 13.1. The molecule has 0 radical (unpaired) electrons. The Morgan fingerprint density at radius 1 is 0.400 bits per heavy atom. The quantitative estimate of drug-likeness (QED) is 0.166. The van der Waals surface area contributed by atoms with Crippen molar-refractivity contribution >= 4 is 56.6 Å². The lowest BCUT2D eigenvalue weighted by Crippen LogP contribution is -1.96. The van der Waals surface area contributed by atoms with Crippen LogP contribution in [0.15, 0.2) is 147 Å². The number of fused-ring (bicyclic) bond motifs is 5. The minimum absolute atomic E-state index is 1.05. The van der Waals surface area contributed by atoms with Crippen LogP contribution in [-0.4, -0.2) is 0 Å². The molecule has 0 fully saturated rings. The van der Waals surface area contributed by atoms with Gasteiger partial charge in [-0.15, -0.1) is 0 Å². The Labute approximate surface area is 265 Å². The molecule has 0 N–H and O–H groups in total. The molecule has 0 atom stereocenters. The highest BCUT2D eigenvalue weighted by Gasteiger charge is 2.17. The molecule has 0 aliphatic carbocycles. The van der Waals surface area contributed by atoms with E-state index in [0.717, 1.165) is 33.4 Å². The topological polar surface area (TPSA) is 0 Å². The van der Waals surface area contributed by atoms with E-state index in [1.54, 1.807) is 0 Å². The van der Waals surface area contributed by atoms with Crippen molar-refractivity contribution in [1.29, 1.82) is 0 Å². The van der Waals surface area contributed by atoms with Crippen LogP contribution in [0, 0.1) is 0 Å². The molecule has 0 spiro atoms. The van der Waals surface area contributed by atoms with Crippen molar-refractivity contribution in [1.82, 2.24) is 0 Å². The minimum Gasteiger partial charge on any atom is -0.0984 e. The highest BCUT2D eigenvalue weighted by Crippen LogP contribution is 2.43. The summed E-state index contributed by atoms with van der Waals surface area (Å²) in [5.74, 6) is 0. The maximum absolute atomic E-state index is 4.16. The molecule has 0 saturated carbocycles. The highest BCUT2D eigenvalue weighted by atomic mass is 14.2. The van der Waals surface area contributed by atoms with E-state index >= 15 is 0 Å². The molecule has 0 aliphatic heterocycles. The first-order valence-electron chi connectivity index (χ1n) is 15.4. The van der Waals surface area contributed by atoms with Gasteiger partial charge < -0.3 is 0 Å². The second-order valence-corrected chi connectivity index (χ2v) is 11.3. The molecule has 0 saturated heterocycles. The van der Waals surface area contributed by atoms with E-state index in [-0.39, 0.29) is 0 Å². The highest BCUT2D eigenvalue weighted by molar-refractivity contribution is 6.23. The van der Waals surface area contributed by atoms with Gasteiger partial charge in [-0.05, 0) is 119 Å². The molecule has 7 aromatic carbocycles. The van der Waals surface area contributed by atoms with Gasteiger partial charge in [0.05, 0.1) is 0 Å². The molecule has 0 unspecified atom stereocenters. The van der Waals surface area contributed by atoms with E-state index in [0.29, 0.717) is 0 Å². The first kappa shape index (κ1) is 28.1. The first-order chi connectivity index (χ1) is 22.2. The van der Waals surface area contributed by atoms with Crippen LogP contribution in [-0.2, 0) is 0 Å². The fraction of sp³-hybridized carbons (Fsp3) is 0.0222. The third-order valence-electron chi connectivity index (χ3n) is 8.89. The van der Waals surface area contributed by atoms with Gasteiger partial charge in [-0.25, -0.2) is 0 Å². The van der Waals surface area contributed by atoms with E-state index in [1.165, 1.54) is 54.6 Å². The molecular formula is C45H34. The van der Waals surface area contributed by atoms with Crippen LogP contribution in [0.2, 0.25) is 0 Å². The maximum Gasteiger partial charge on any atom is -0.00923 e. The van der Waals surface area contributed by atoms with Crippen molar-refractivity contribution in [3.8, 4) is 33.4 Å².